The minimum atomic E-state index is -4.36. The van der Waals surface area contributed by atoms with E-state index in [0.29, 0.717) is 45.0 Å². The quantitative estimate of drug-likeness (QED) is 0.442. The van der Waals surface area contributed by atoms with Gasteiger partial charge in [-0.25, -0.2) is 0 Å². The number of nitrogens with zero attached hydrogens (tertiary/aromatic N) is 2. The topological polar surface area (TPSA) is 46.1 Å². The molecule has 0 aliphatic carbocycles. The third-order valence-electron chi connectivity index (χ3n) is 4.20. The van der Waals surface area contributed by atoms with Crippen molar-refractivity contribution in [3.05, 3.63) is 35.4 Å². The minimum absolute atomic E-state index is 0.423. The zero-order chi connectivity index (χ0) is 19.7. The van der Waals surface area contributed by atoms with Crippen molar-refractivity contribution < 1.29 is 22.6 Å². The van der Waals surface area contributed by atoms with E-state index in [1.807, 2.05) is 18.7 Å². The van der Waals surface area contributed by atoms with Crippen LogP contribution in [0.4, 0.5) is 13.2 Å². The number of aliphatic imine (C=N–C) groups is 1. The fourth-order valence-corrected chi connectivity index (χ4v) is 2.88. The highest BCUT2D eigenvalue weighted by Crippen LogP contribution is 2.32. The summed E-state index contributed by atoms with van der Waals surface area (Å²) in [7, 11) is 0. The molecule has 5 nitrogen and oxygen atoms in total. The Hall–Kier alpha value is -1.80. The maximum Gasteiger partial charge on any atom is 0.416 e. The van der Waals surface area contributed by atoms with Crippen molar-refractivity contribution in [2.45, 2.75) is 32.5 Å². The maximum absolute atomic E-state index is 13.0. The van der Waals surface area contributed by atoms with E-state index in [1.165, 1.54) is 12.1 Å². The minimum Gasteiger partial charge on any atom is -0.382 e. The van der Waals surface area contributed by atoms with Gasteiger partial charge in [0.15, 0.2) is 5.96 Å². The van der Waals surface area contributed by atoms with Crippen molar-refractivity contribution in [3.63, 3.8) is 0 Å². The summed E-state index contributed by atoms with van der Waals surface area (Å²) in [5.74, 6) is 0.759. The summed E-state index contributed by atoms with van der Waals surface area (Å²) in [6, 6.07) is 5.34. The van der Waals surface area contributed by atoms with E-state index in [4.69, 9.17) is 9.47 Å². The number of ether oxygens (including phenoxy) is 2. The molecule has 0 saturated carbocycles. The highest BCUT2D eigenvalue weighted by molar-refractivity contribution is 5.80. The Morgan fingerprint density at radius 2 is 2.19 bits per heavy atom. The molecule has 0 radical (unpaired) electrons. The number of guanidine groups is 1. The summed E-state index contributed by atoms with van der Waals surface area (Å²) in [5, 5.41) is 3.25. The molecule has 8 heteroatoms. The summed E-state index contributed by atoms with van der Waals surface area (Å²) in [6.07, 6.45) is -3.96. The van der Waals surface area contributed by atoms with Gasteiger partial charge in [0.2, 0.25) is 0 Å². The molecule has 27 heavy (non-hydrogen) atoms. The number of rotatable bonds is 7. The van der Waals surface area contributed by atoms with Crippen LogP contribution in [0.15, 0.2) is 29.3 Å². The molecule has 1 atom stereocenters. The van der Waals surface area contributed by atoms with Gasteiger partial charge in [-0.1, -0.05) is 12.1 Å². The van der Waals surface area contributed by atoms with E-state index in [2.05, 4.69) is 10.3 Å². The maximum atomic E-state index is 13.0. The SMILES string of the molecule is CCNC(=NCCCOCC)N1CCOC(c2cccc(C(F)(F)F)c2)C1. The average molecular weight is 387 g/mol. The van der Waals surface area contributed by atoms with Crippen LogP contribution < -0.4 is 5.32 Å². The Morgan fingerprint density at radius 1 is 1.37 bits per heavy atom. The predicted octanol–water partition coefficient (Wildman–Crippen LogP) is 3.47. The molecule has 0 bridgehead atoms. The number of morpholine rings is 1. The Bertz CT molecular complexity index is 608. The van der Waals surface area contributed by atoms with Gasteiger partial charge in [0, 0.05) is 32.8 Å². The third-order valence-corrected chi connectivity index (χ3v) is 4.20. The van der Waals surface area contributed by atoms with Crippen molar-refractivity contribution in [2.24, 2.45) is 4.99 Å². The number of halogens is 3. The van der Waals surface area contributed by atoms with Crippen molar-refractivity contribution in [1.82, 2.24) is 10.2 Å². The highest BCUT2D eigenvalue weighted by atomic mass is 19.4. The fourth-order valence-electron chi connectivity index (χ4n) is 2.88. The van der Waals surface area contributed by atoms with Gasteiger partial charge >= 0.3 is 6.18 Å². The van der Waals surface area contributed by atoms with Crippen molar-refractivity contribution in [2.75, 3.05) is 46.0 Å². The van der Waals surface area contributed by atoms with E-state index >= 15 is 0 Å². The third kappa shape index (κ3) is 6.70. The molecular formula is C19H28F3N3O2. The van der Waals surface area contributed by atoms with Crippen molar-refractivity contribution in [1.29, 1.82) is 0 Å². The van der Waals surface area contributed by atoms with Crippen LogP contribution in [0.2, 0.25) is 0 Å². The molecule has 1 fully saturated rings. The Labute approximate surface area is 158 Å². The van der Waals surface area contributed by atoms with Crippen LogP contribution >= 0.6 is 0 Å². The van der Waals surface area contributed by atoms with Gasteiger partial charge in [0.25, 0.3) is 0 Å². The first-order chi connectivity index (χ1) is 13.0. The monoisotopic (exact) mass is 387 g/mol. The smallest absolute Gasteiger partial charge is 0.382 e. The van der Waals surface area contributed by atoms with Crippen LogP contribution in [-0.2, 0) is 15.7 Å². The number of nitrogens with one attached hydrogen (secondary N) is 1. The molecule has 2 rings (SSSR count). The van der Waals surface area contributed by atoms with Crippen LogP contribution in [0.3, 0.4) is 0 Å². The lowest BCUT2D eigenvalue weighted by atomic mass is 10.0. The molecule has 1 saturated heterocycles. The van der Waals surface area contributed by atoms with E-state index in [0.717, 1.165) is 25.0 Å². The van der Waals surface area contributed by atoms with E-state index in [1.54, 1.807) is 6.07 Å². The lowest BCUT2D eigenvalue weighted by Gasteiger charge is -2.35. The molecule has 1 aliphatic heterocycles. The molecule has 1 N–H and O–H groups in total. The van der Waals surface area contributed by atoms with Crippen LogP contribution in [-0.4, -0.2) is 56.9 Å². The largest absolute Gasteiger partial charge is 0.416 e. The normalized spacial score (nSPS) is 18.6. The number of benzene rings is 1. The lowest BCUT2D eigenvalue weighted by Crippen LogP contribution is -2.48. The van der Waals surface area contributed by atoms with Gasteiger partial charge in [-0.2, -0.15) is 13.2 Å². The highest BCUT2D eigenvalue weighted by Gasteiger charge is 2.32. The first-order valence-corrected chi connectivity index (χ1v) is 9.35. The lowest BCUT2D eigenvalue weighted by molar-refractivity contribution is -0.137. The fraction of sp³-hybridized carbons (Fsp3) is 0.632. The van der Waals surface area contributed by atoms with Crippen molar-refractivity contribution >= 4 is 5.96 Å². The molecule has 1 unspecified atom stereocenters. The van der Waals surface area contributed by atoms with Gasteiger partial charge in [-0.15, -0.1) is 0 Å². The molecule has 0 amide bonds. The molecule has 152 valence electrons. The number of hydrogen-bond acceptors (Lipinski definition) is 3. The first kappa shape index (κ1) is 21.5. The van der Waals surface area contributed by atoms with Crippen molar-refractivity contribution in [3.8, 4) is 0 Å². The zero-order valence-electron chi connectivity index (χ0n) is 15.9. The zero-order valence-corrected chi connectivity index (χ0v) is 15.9. The molecule has 0 aromatic heterocycles. The Balaban J connectivity index is 2.05. The van der Waals surface area contributed by atoms with Crippen LogP contribution in [0.25, 0.3) is 0 Å². The second-order valence-electron chi connectivity index (χ2n) is 6.21. The van der Waals surface area contributed by atoms with Gasteiger partial charge in [-0.3, -0.25) is 4.99 Å². The van der Waals surface area contributed by atoms with Crippen LogP contribution in [0.1, 0.15) is 37.5 Å². The summed E-state index contributed by atoms with van der Waals surface area (Å²) in [4.78, 5) is 6.65. The van der Waals surface area contributed by atoms with Gasteiger partial charge in [0.05, 0.1) is 18.7 Å². The molecule has 1 aromatic rings. The van der Waals surface area contributed by atoms with E-state index in [9.17, 15) is 13.2 Å². The molecule has 1 aromatic carbocycles. The second-order valence-corrected chi connectivity index (χ2v) is 6.21. The Morgan fingerprint density at radius 3 is 2.89 bits per heavy atom. The van der Waals surface area contributed by atoms with Crippen LogP contribution in [0, 0.1) is 0 Å². The van der Waals surface area contributed by atoms with Gasteiger partial charge in [0.1, 0.15) is 6.10 Å². The molecular weight excluding hydrogens is 359 g/mol. The molecule has 1 heterocycles. The summed E-state index contributed by atoms with van der Waals surface area (Å²) in [5.41, 5.74) is -0.126. The average Bonchev–Trinajstić information content (AvgIpc) is 2.66. The first-order valence-electron chi connectivity index (χ1n) is 9.35. The summed E-state index contributed by atoms with van der Waals surface area (Å²) < 4.78 is 50.0. The molecule has 1 aliphatic rings. The standard InChI is InChI=1S/C19H28F3N3O2/c1-3-23-18(24-9-6-11-26-4-2)25-10-12-27-17(14-25)15-7-5-8-16(13-15)19(20,21)22/h5,7-8,13,17H,3-4,6,9-12,14H2,1-2H3,(H,23,24). The Kier molecular flexibility index (Phi) is 8.37. The van der Waals surface area contributed by atoms with Gasteiger partial charge < -0.3 is 19.7 Å². The number of alkyl halides is 3. The van der Waals surface area contributed by atoms with Gasteiger partial charge in [-0.05, 0) is 38.0 Å². The van der Waals surface area contributed by atoms with E-state index < -0.39 is 17.8 Å². The second kappa shape index (κ2) is 10.5. The predicted molar refractivity (Wildman–Crippen MR) is 98.8 cm³/mol. The summed E-state index contributed by atoms with van der Waals surface area (Å²) >= 11 is 0. The summed E-state index contributed by atoms with van der Waals surface area (Å²) in [6.45, 7) is 8.18. The van der Waals surface area contributed by atoms with E-state index in [-0.39, 0.29) is 0 Å². The number of hydrogen-bond donors (Lipinski definition) is 1. The molecule has 0 spiro atoms. The van der Waals surface area contributed by atoms with Crippen LogP contribution in [0.5, 0.6) is 0 Å².